The van der Waals surface area contributed by atoms with E-state index in [1.165, 1.54) is 19.3 Å². The standard InChI is InChI=1S/C18H28N2O3/c1-18(2,3)23-17(21)20-15-11-10-14(22-4)12-16(15)19-13-8-6-5-7-9-13/h10-13,19H,5-9H2,1-4H3,(H,20,21). The summed E-state index contributed by atoms with van der Waals surface area (Å²) in [6.45, 7) is 5.55. The van der Waals surface area contributed by atoms with E-state index in [9.17, 15) is 4.79 Å². The van der Waals surface area contributed by atoms with Crippen LogP contribution < -0.4 is 15.4 Å². The zero-order chi connectivity index (χ0) is 16.9. The number of anilines is 2. The number of nitrogens with one attached hydrogen (secondary N) is 2. The van der Waals surface area contributed by atoms with E-state index >= 15 is 0 Å². The highest BCUT2D eigenvalue weighted by Crippen LogP contribution is 2.30. The Morgan fingerprint density at radius 3 is 2.43 bits per heavy atom. The van der Waals surface area contributed by atoms with E-state index in [1.807, 2.05) is 39.0 Å². The number of ether oxygens (including phenoxy) is 2. The van der Waals surface area contributed by atoms with Crippen LogP contribution in [0, 0.1) is 0 Å². The van der Waals surface area contributed by atoms with E-state index in [0.29, 0.717) is 11.7 Å². The number of carbonyl (C=O) groups is 1. The van der Waals surface area contributed by atoms with Gasteiger partial charge in [0, 0.05) is 12.1 Å². The summed E-state index contributed by atoms with van der Waals surface area (Å²) >= 11 is 0. The molecule has 23 heavy (non-hydrogen) atoms. The number of benzene rings is 1. The lowest BCUT2D eigenvalue weighted by Crippen LogP contribution is -2.28. The first-order valence-electron chi connectivity index (χ1n) is 8.32. The van der Waals surface area contributed by atoms with Crippen molar-refractivity contribution >= 4 is 17.5 Å². The van der Waals surface area contributed by atoms with Crippen molar-refractivity contribution < 1.29 is 14.3 Å². The third kappa shape index (κ3) is 5.66. The van der Waals surface area contributed by atoms with Crippen molar-refractivity contribution in [2.75, 3.05) is 17.7 Å². The third-order valence-electron chi connectivity index (χ3n) is 3.83. The first-order chi connectivity index (χ1) is 10.9. The van der Waals surface area contributed by atoms with Gasteiger partial charge in [-0.3, -0.25) is 5.32 Å². The van der Waals surface area contributed by atoms with Crippen LogP contribution in [-0.2, 0) is 4.74 Å². The molecule has 2 N–H and O–H groups in total. The Hall–Kier alpha value is -1.91. The lowest BCUT2D eigenvalue weighted by Gasteiger charge is -2.26. The van der Waals surface area contributed by atoms with Crippen molar-refractivity contribution in [3.63, 3.8) is 0 Å². The van der Waals surface area contributed by atoms with Gasteiger partial charge in [0.25, 0.3) is 0 Å². The van der Waals surface area contributed by atoms with Gasteiger partial charge in [0.05, 0.1) is 18.5 Å². The predicted molar refractivity (Wildman–Crippen MR) is 93.3 cm³/mol. The van der Waals surface area contributed by atoms with Gasteiger partial charge in [-0.25, -0.2) is 4.79 Å². The number of hydrogen-bond acceptors (Lipinski definition) is 4. The molecule has 1 amide bonds. The second-order valence-corrected chi connectivity index (χ2v) is 7.02. The molecule has 0 radical (unpaired) electrons. The zero-order valence-corrected chi connectivity index (χ0v) is 14.6. The minimum atomic E-state index is -0.520. The van der Waals surface area contributed by atoms with E-state index < -0.39 is 11.7 Å². The summed E-state index contributed by atoms with van der Waals surface area (Å²) in [6.07, 6.45) is 5.66. The monoisotopic (exact) mass is 320 g/mol. The molecule has 5 heteroatoms. The van der Waals surface area contributed by atoms with Crippen molar-refractivity contribution in [3.8, 4) is 5.75 Å². The van der Waals surface area contributed by atoms with Crippen LogP contribution in [0.15, 0.2) is 18.2 Å². The van der Waals surface area contributed by atoms with Gasteiger partial charge in [-0.15, -0.1) is 0 Å². The van der Waals surface area contributed by atoms with Crippen molar-refractivity contribution in [3.05, 3.63) is 18.2 Å². The van der Waals surface area contributed by atoms with Crippen LogP contribution in [0.3, 0.4) is 0 Å². The van der Waals surface area contributed by atoms with Gasteiger partial charge in [-0.05, 0) is 45.7 Å². The molecule has 1 aromatic rings. The Bertz CT molecular complexity index is 532. The van der Waals surface area contributed by atoms with Gasteiger partial charge in [-0.1, -0.05) is 19.3 Å². The van der Waals surface area contributed by atoms with Crippen LogP contribution >= 0.6 is 0 Å². The smallest absolute Gasteiger partial charge is 0.412 e. The van der Waals surface area contributed by atoms with Gasteiger partial charge in [-0.2, -0.15) is 0 Å². The van der Waals surface area contributed by atoms with Crippen molar-refractivity contribution in [1.29, 1.82) is 0 Å². The molecule has 128 valence electrons. The van der Waals surface area contributed by atoms with E-state index in [1.54, 1.807) is 7.11 Å². The number of amides is 1. The molecule has 0 atom stereocenters. The molecule has 2 rings (SSSR count). The molecule has 0 aliphatic heterocycles. The highest BCUT2D eigenvalue weighted by molar-refractivity contribution is 5.90. The molecular weight excluding hydrogens is 292 g/mol. The van der Waals surface area contributed by atoms with Gasteiger partial charge in [0.2, 0.25) is 0 Å². The molecule has 5 nitrogen and oxygen atoms in total. The quantitative estimate of drug-likeness (QED) is 0.837. The summed E-state index contributed by atoms with van der Waals surface area (Å²) in [4.78, 5) is 12.0. The molecular formula is C18H28N2O3. The Morgan fingerprint density at radius 1 is 1.13 bits per heavy atom. The molecule has 1 aliphatic carbocycles. The minimum absolute atomic E-state index is 0.440. The molecule has 1 aliphatic rings. The summed E-state index contributed by atoms with van der Waals surface area (Å²) in [6, 6.07) is 6.03. The third-order valence-corrected chi connectivity index (χ3v) is 3.83. The van der Waals surface area contributed by atoms with Gasteiger partial charge in [0.15, 0.2) is 0 Å². The summed E-state index contributed by atoms with van der Waals surface area (Å²) in [7, 11) is 1.64. The SMILES string of the molecule is COc1ccc(NC(=O)OC(C)(C)C)c(NC2CCCCC2)c1. The largest absolute Gasteiger partial charge is 0.497 e. The fourth-order valence-electron chi connectivity index (χ4n) is 2.76. The van der Waals surface area contributed by atoms with Crippen LogP contribution in [-0.4, -0.2) is 24.8 Å². The van der Waals surface area contributed by atoms with E-state index in [-0.39, 0.29) is 0 Å². The van der Waals surface area contributed by atoms with Crippen LogP contribution in [0.5, 0.6) is 5.75 Å². The Labute approximate surface area is 138 Å². The number of methoxy groups -OCH3 is 1. The van der Waals surface area contributed by atoms with Crippen LogP contribution in [0.25, 0.3) is 0 Å². The van der Waals surface area contributed by atoms with Crippen molar-refractivity contribution in [2.45, 2.75) is 64.5 Å². The first-order valence-corrected chi connectivity index (χ1v) is 8.32. The second-order valence-electron chi connectivity index (χ2n) is 7.02. The molecule has 0 bridgehead atoms. The molecule has 1 saturated carbocycles. The van der Waals surface area contributed by atoms with Crippen molar-refractivity contribution in [1.82, 2.24) is 0 Å². The molecule has 0 spiro atoms. The summed E-state index contributed by atoms with van der Waals surface area (Å²) in [5.74, 6) is 0.762. The maximum atomic E-state index is 12.0. The fourth-order valence-corrected chi connectivity index (χ4v) is 2.76. The number of carbonyl (C=O) groups excluding carboxylic acids is 1. The van der Waals surface area contributed by atoms with E-state index in [0.717, 1.165) is 24.3 Å². The van der Waals surface area contributed by atoms with Crippen LogP contribution in [0.2, 0.25) is 0 Å². The number of rotatable bonds is 4. The summed E-state index contributed by atoms with van der Waals surface area (Å²) < 4.78 is 10.6. The Balaban J connectivity index is 2.12. The first kappa shape index (κ1) is 17.4. The molecule has 0 aromatic heterocycles. The van der Waals surface area contributed by atoms with Crippen LogP contribution in [0.1, 0.15) is 52.9 Å². The van der Waals surface area contributed by atoms with Gasteiger partial charge < -0.3 is 14.8 Å². The average Bonchev–Trinajstić information content (AvgIpc) is 2.48. The molecule has 1 fully saturated rings. The fraction of sp³-hybridized carbons (Fsp3) is 0.611. The summed E-state index contributed by atoms with van der Waals surface area (Å²) in [5, 5.41) is 6.37. The molecule has 0 heterocycles. The average molecular weight is 320 g/mol. The van der Waals surface area contributed by atoms with E-state index in [2.05, 4.69) is 10.6 Å². The Kier molecular flexibility index (Phi) is 5.74. The molecule has 1 aromatic carbocycles. The highest BCUT2D eigenvalue weighted by Gasteiger charge is 2.19. The second kappa shape index (κ2) is 7.57. The highest BCUT2D eigenvalue weighted by atomic mass is 16.6. The molecule has 0 unspecified atom stereocenters. The summed E-state index contributed by atoms with van der Waals surface area (Å²) in [5.41, 5.74) is 1.07. The normalized spacial score (nSPS) is 15.8. The zero-order valence-electron chi connectivity index (χ0n) is 14.6. The predicted octanol–water partition coefficient (Wildman–Crippen LogP) is 4.79. The van der Waals surface area contributed by atoms with Crippen LogP contribution in [0.4, 0.5) is 16.2 Å². The number of hydrogen-bond donors (Lipinski definition) is 2. The van der Waals surface area contributed by atoms with Crippen molar-refractivity contribution in [2.24, 2.45) is 0 Å². The van der Waals surface area contributed by atoms with Gasteiger partial charge >= 0.3 is 6.09 Å². The van der Waals surface area contributed by atoms with E-state index in [4.69, 9.17) is 9.47 Å². The Morgan fingerprint density at radius 2 is 1.83 bits per heavy atom. The maximum Gasteiger partial charge on any atom is 0.412 e. The topological polar surface area (TPSA) is 59.6 Å². The van der Waals surface area contributed by atoms with Gasteiger partial charge in [0.1, 0.15) is 11.4 Å². The molecule has 0 saturated heterocycles. The lowest BCUT2D eigenvalue weighted by molar-refractivity contribution is 0.0636. The minimum Gasteiger partial charge on any atom is -0.497 e. The maximum absolute atomic E-state index is 12.0. The lowest BCUT2D eigenvalue weighted by atomic mass is 9.95.